The summed E-state index contributed by atoms with van der Waals surface area (Å²) < 4.78 is 1.75. The summed E-state index contributed by atoms with van der Waals surface area (Å²) in [5, 5.41) is 4.63. The van der Waals surface area contributed by atoms with Gasteiger partial charge in [0.15, 0.2) is 0 Å². The minimum Gasteiger partial charge on any atom is -0.365 e. The molecule has 1 amide bonds. The van der Waals surface area contributed by atoms with E-state index in [-0.39, 0.29) is 5.91 Å². The number of aromatic nitrogens is 2. The molecule has 0 bridgehead atoms. The molecule has 33 heavy (non-hydrogen) atoms. The zero-order valence-corrected chi connectivity index (χ0v) is 18.9. The Morgan fingerprint density at radius 1 is 0.818 bits per heavy atom. The van der Waals surface area contributed by atoms with E-state index in [1.165, 1.54) is 5.56 Å². The summed E-state index contributed by atoms with van der Waals surface area (Å²) in [4.78, 5) is 18.2. The second kappa shape index (κ2) is 9.33. The molecule has 0 saturated carbocycles. The predicted octanol–water partition coefficient (Wildman–Crippen LogP) is 5.07. The molecular weight excluding hydrogens is 408 g/mol. The average Bonchev–Trinajstić information content (AvgIpc) is 3.11. The lowest BCUT2D eigenvalue weighted by molar-refractivity contribution is 0.0986. The molecule has 5 heteroatoms. The lowest BCUT2D eigenvalue weighted by Gasteiger charge is -2.27. The molecule has 2 heterocycles. The largest absolute Gasteiger partial charge is 0.365 e. The third-order valence-electron chi connectivity index (χ3n) is 6.13. The van der Waals surface area contributed by atoms with E-state index in [9.17, 15) is 4.79 Å². The number of carbonyl (C=O) groups excluding carboxylic acids is 1. The summed E-state index contributed by atoms with van der Waals surface area (Å²) in [6.07, 6.45) is 3.40. The number of fused-ring (bicyclic) bond motifs is 1. The Bertz CT molecular complexity index is 1230. The SMILES string of the molecule is Cn1cc(C(=O)N2CCCN(Cc3ccccc3)c3ccccc32)c(Cc2ccccc2)n1. The maximum absolute atomic E-state index is 13.9. The summed E-state index contributed by atoms with van der Waals surface area (Å²) in [6.45, 7) is 2.41. The van der Waals surface area contributed by atoms with Crippen molar-refractivity contribution in [2.45, 2.75) is 19.4 Å². The van der Waals surface area contributed by atoms with E-state index in [2.05, 4.69) is 64.6 Å². The molecule has 1 aliphatic heterocycles. The summed E-state index contributed by atoms with van der Waals surface area (Å²) in [5.41, 5.74) is 5.97. The van der Waals surface area contributed by atoms with Gasteiger partial charge in [-0.25, -0.2) is 0 Å². The number of hydrogen-bond donors (Lipinski definition) is 0. The highest BCUT2D eigenvalue weighted by Crippen LogP contribution is 2.34. The van der Waals surface area contributed by atoms with Gasteiger partial charge in [0.25, 0.3) is 5.91 Å². The van der Waals surface area contributed by atoms with E-state index < -0.39 is 0 Å². The molecule has 166 valence electrons. The van der Waals surface area contributed by atoms with Gasteiger partial charge in [-0.2, -0.15) is 5.10 Å². The Labute approximate surface area is 194 Å². The number of amides is 1. The summed E-state index contributed by atoms with van der Waals surface area (Å²) in [6, 6.07) is 28.9. The van der Waals surface area contributed by atoms with Gasteiger partial charge in [-0.3, -0.25) is 9.48 Å². The van der Waals surface area contributed by atoms with Gasteiger partial charge in [0.1, 0.15) is 0 Å². The van der Waals surface area contributed by atoms with E-state index >= 15 is 0 Å². The number of carbonyl (C=O) groups is 1. The molecule has 5 nitrogen and oxygen atoms in total. The Morgan fingerprint density at radius 3 is 2.18 bits per heavy atom. The minimum atomic E-state index is 0.0167. The van der Waals surface area contributed by atoms with Crippen molar-refractivity contribution in [1.29, 1.82) is 0 Å². The van der Waals surface area contributed by atoms with Crippen LogP contribution in [0, 0.1) is 0 Å². The van der Waals surface area contributed by atoms with Gasteiger partial charge in [-0.1, -0.05) is 72.8 Å². The van der Waals surface area contributed by atoms with Crippen LogP contribution in [0.1, 0.15) is 33.6 Å². The quantitative estimate of drug-likeness (QED) is 0.439. The first-order chi connectivity index (χ1) is 16.2. The average molecular weight is 437 g/mol. The molecule has 3 aromatic carbocycles. The van der Waals surface area contributed by atoms with Crippen LogP contribution in [-0.2, 0) is 20.0 Å². The van der Waals surface area contributed by atoms with E-state index in [0.717, 1.165) is 42.1 Å². The maximum Gasteiger partial charge on any atom is 0.261 e. The molecule has 0 fully saturated rings. The van der Waals surface area contributed by atoms with Crippen molar-refractivity contribution in [3.05, 3.63) is 114 Å². The molecule has 0 saturated heterocycles. The number of nitrogens with zero attached hydrogens (tertiary/aromatic N) is 4. The molecular formula is C28H28N4O. The Balaban J connectivity index is 1.46. The van der Waals surface area contributed by atoms with Crippen molar-refractivity contribution in [3.63, 3.8) is 0 Å². The smallest absolute Gasteiger partial charge is 0.261 e. The standard InChI is InChI=1S/C28H28N4O/c1-30-21-24(25(29-30)19-22-11-4-2-5-12-22)28(33)32-18-10-17-31(20-23-13-6-3-7-14-23)26-15-8-9-16-27(26)32/h2-9,11-16,21H,10,17-20H2,1H3. The molecule has 5 rings (SSSR count). The first kappa shape index (κ1) is 21.0. The van der Waals surface area contributed by atoms with Crippen LogP contribution in [0.4, 0.5) is 11.4 Å². The van der Waals surface area contributed by atoms with Crippen molar-refractivity contribution in [2.75, 3.05) is 22.9 Å². The summed E-state index contributed by atoms with van der Waals surface area (Å²) >= 11 is 0. The molecule has 4 aromatic rings. The van der Waals surface area contributed by atoms with Crippen LogP contribution in [0.15, 0.2) is 91.1 Å². The van der Waals surface area contributed by atoms with Crippen LogP contribution in [0.2, 0.25) is 0 Å². The van der Waals surface area contributed by atoms with Crippen LogP contribution >= 0.6 is 0 Å². The summed E-state index contributed by atoms with van der Waals surface area (Å²) in [5.74, 6) is 0.0167. The number of benzene rings is 3. The van der Waals surface area contributed by atoms with Crippen LogP contribution in [0.5, 0.6) is 0 Å². The molecule has 0 unspecified atom stereocenters. The topological polar surface area (TPSA) is 41.4 Å². The molecule has 1 aromatic heterocycles. The third-order valence-corrected chi connectivity index (χ3v) is 6.13. The van der Waals surface area contributed by atoms with Crippen LogP contribution in [0.25, 0.3) is 0 Å². The van der Waals surface area contributed by atoms with Crippen molar-refractivity contribution < 1.29 is 4.79 Å². The lowest BCUT2D eigenvalue weighted by Crippen LogP contribution is -2.32. The highest BCUT2D eigenvalue weighted by atomic mass is 16.2. The lowest BCUT2D eigenvalue weighted by atomic mass is 10.1. The van der Waals surface area contributed by atoms with Crippen LogP contribution in [0.3, 0.4) is 0 Å². The number of para-hydroxylation sites is 2. The van der Waals surface area contributed by atoms with Gasteiger partial charge >= 0.3 is 0 Å². The van der Waals surface area contributed by atoms with E-state index in [1.807, 2.05) is 48.5 Å². The van der Waals surface area contributed by atoms with Crippen LogP contribution < -0.4 is 9.80 Å². The minimum absolute atomic E-state index is 0.0167. The second-order valence-electron chi connectivity index (χ2n) is 8.53. The molecule has 0 aliphatic carbocycles. The van der Waals surface area contributed by atoms with E-state index in [0.29, 0.717) is 18.5 Å². The van der Waals surface area contributed by atoms with Crippen molar-refractivity contribution in [3.8, 4) is 0 Å². The maximum atomic E-state index is 13.9. The number of anilines is 2. The van der Waals surface area contributed by atoms with E-state index in [4.69, 9.17) is 0 Å². The van der Waals surface area contributed by atoms with Gasteiger partial charge in [0.05, 0.1) is 22.6 Å². The number of rotatable bonds is 5. The highest BCUT2D eigenvalue weighted by Gasteiger charge is 2.28. The first-order valence-corrected chi connectivity index (χ1v) is 11.5. The zero-order valence-electron chi connectivity index (χ0n) is 18.9. The first-order valence-electron chi connectivity index (χ1n) is 11.5. The number of hydrogen-bond acceptors (Lipinski definition) is 3. The number of aryl methyl sites for hydroxylation is 1. The Kier molecular flexibility index (Phi) is 5.94. The monoisotopic (exact) mass is 436 g/mol. The van der Waals surface area contributed by atoms with Gasteiger partial charge in [0.2, 0.25) is 0 Å². The second-order valence-corrected chi connectivity index (χ2v) is 8.53. The van der Waals surface area contributed by atoms with Crippen molar-refractivity contribution >= 4 is 17.3 Å². The molecule has 0 spiro atoms. The summed E-state index contributed by atoms with van der Waals surface area (Å²) in [7, 11) is 1.88. The molecule has 0 atom stereocenters. The predicted molar refractivity (Wildman–Crippen MR) is 133 cm³/mol. The van der Waals surface area contributed by atoms with E-state index in [1.54, 1.807) is 4.68 Å². The normalized spacial score (nSPS) is 13.5. The molecule has 1 aliphatic rings. The van der Waals surface area contributed by atoms with Gasteiger partial charge in [-0.15, -0.1) is 0 Å². The molecule has 0 N–H and O–H groups in total. The van der Waals surface area contributed by atoms with Crippen LogP contribution in [-0.4, -0.2) is 28.8 Å². The fourth-order valence-electron chi connectivity index (χ4n) is 4.58. The van der Waals surface area contributed by atoms with Gasteiger partial charge in [0, 0.05) is 39.3 Å². The Hall–Kier alpha value is -3.86. The highest BCUT2D eigenvalue weighted by molar-refractivity contribution is 6.08. The zero-order chi connectivity index (χ0) is 22.6. The van der Waals surface area contributed by atoms with Crippen molar-refractivity contribution in [2.24, 2.45) is 7.05 Å². The van der Waals surface area contributed by atoms with Gasteiger partial charge in [-0.05, 0) is 29.7 Å². The third kappa shape index (κ3) is 4.53. The molecule has 0 radical (unpaired) electrons. The fraction of sp³-hybridized carbons (Fsp3) is 0.214. The Morgan fingerprint density at radius 2 is 1.45 bits per heavy atom. The van der Waals surface area contributed by atoms with Gasteiger partial charge < -0.3 is 9.80 Å². The van der Waals surface area contributed by atoms with Crippen molar-refractivity contribution in [1.82, 2.24) is 9.78 Å². The fourth-order valence-corrected chi connectivity index (χ4v) is 4.58.